The van der Waals surface area contributed by atoms with Crippen molar-refractivity contribution < 1.29 is 14.3 Å². The summed E-state index contributed by atoms with van der Waals surface area (Å²) in [6.07, 6.45) is 5.95. The maximum Gasteiger partial charge on any atom is 0.508 e. The van der Waals surface area contributed by atoms with Gasteiger partial charge in [0.25, 0.3) is 0 Å². The molecule has 4 heteroatoms. The van der Waals surface area contributed by atoms with Gasteiger partial charge < -0.3 is 15.2 Å². The van der Waals surface area contributed by atoms with Gasteiger partial charge in [-0.25, -0.2) is 4.79 Å². The van der Waals surface area contributed by atoms with Crippen molar-refractivity contribution in [1.29, 1.82) is 0 Å². The Kier molecular flexibility index (Phi) is 4.20. The van der Waals surface area contributed by atoms with Crippen LogP contribution < -0.4 is 5.73 Å². The van der Waals surface area contributed by atoms with Gasteiger partial charge in [0.05, 0.1) is 12.6 Å². The highest BCUT2D eigenvalue weighted by Gasteiger charge is 2.27. The van der Waals surface area contributed by atoms with Gasteiger partial charge in [0.1, 0.15) is 6.61 Å². The van der Waals surface area contributed by atoms with Crippen LogP contribution in [0.3, 0.4) is 0 Å². The van der Waals surface area contributed by atoms with Crippen molar-refractivity contribution in [1.82, 2.24) is 0 Å². The molecule has 0 aromatic heterocycles. The third-order valence-corrected chi connectivity index (χ3v) is 2.74. The van der Waals surface area contributed by atoms with Crippen LogP contribution in [0.15, 0.2) is 0 Å². The molecule has 0 heterocycles. The predicted octanol–water partition coefficient (Wildman–Crippen LogP) is 1.82. The minimum absolute atomic E-state index is 0.277. The number of carbonyl (C=O) groups excluding carboxylic acids is 1. The highest BCUT2D eigenvalue weighted by molar-refractivity contribution is 5.59. The van der Waals surface area contributed by atoms with E-state index in [-0.39, 0.29) is 12.1 Å². The van der Waals surface area contributed by atoms with E-state index >= 15 is 0 Å². The monoisotopic (exact) mass is 201 g/mol. The first-order valence-electron chi connectivity index (χ1n) is 5.16. The average Bonchev–Trinajstić information content (AvgIpc) is 2.40. The van der Waals surface area contributed by atoms with Crippen LogP contribution in [0.25, 0.3) is 0 Å². The molecule has 0 aromatic rings. The van der Waals surface area contributed by atoms with Gasteiger partial charge in [-0.3, -0.25) is 0 Å². The molecular formula is C10H19NO3. The van der Waals surface area contributed by atoms with Gasteiger partial charge in [0, 0.05) is 0 Å². The summed E-state index contributed by atoms with van der Waals surface area (Å²) in [5, 5.41) is 0. The summed E-state index contributed by atoms with van der Waals surface area (Å²) >= 11 is 0. The van der Waals surface area contributed by atoms with Crippen LogP contribution >= 0.6 is 0 Å². The molecule has 1 saturated carbocycles. The minimum atomic E-state index is -0.640. The maximum absolute atomic E-state index is 10.8. The van der Waals surface area contributed by atoms with Gasteiger partial charge in [-0.1, -0.05) is 25.7 Å². The van der Waals surface area contributed by atoms with E-state index < -0.39 is 6.16 Å². The highest BCUT2D eigenvalue weighted by Crippen LogP contribution is 2.25. The zero-order valence-corrected chi connectivity index (χ0v) is 8.75. The molecule has 1 aliphatic rings. The Hall–Kier alpha value is -0.770. The molecule has 0 spiro atoms. The summed E-state index contributed by atoms with van der Waals surface area (Å²) in [5.74, 6) is 0. The summed E-state index contributed by atoms with van der Waals surface area (Å²) in [7, 11) is 1.30. The molecule has 1 rings (SSSR count). The zero-order chi connectivity index (χ0) is 10.4. The number of hydrogen-bond acceptors (Lipinski definition) is 4. The molecule has 4 nitrogen and oxygen atoms in total. The predicted molar refractivity (Wildman–Crippen MR) is 53.0 cm³/mol. The van der Waals surface area contributed by atoms with E-state index in [4.69, 9.17) is 10.5 Å². The van der Waals surface area contributed by atoms with Gasteiger partial charge in [-0.15, -0.1) is 0 Å². The molecule has 0 atom stereocenters. The van der Waals surface area contributed by atoms with E-state index in [9.17, 15) is 4.79 Å². The van der Waals surface area contributed by atoms with Crippen molar-refractivity contribution in [3.05, 3.63) is 0 Å². The first-order chi connectivity index (χ1) is 6.66. The smallest absolute Gasteiger partial charge is 0.438 e. The lowest BCUT2D eigenvalue weighted by Gasteiger charge is -2.26. The highest BCUT2D eigenvalue weighted by atomic mass is 16.7. The first-order valence-corrected chi connectivity index (χ1v) is 5.16. The quantitative estimate of drug-likeness (QED) is 0.547. The van der Waals surface area contributed by atoms with E-state index in [0.29, 0.717) is 0 Å². The van der Waals surface area contributed by atoms with Gasteiger partial charge in [0.2, 0.25) is 0 Å². The van der Waals surface area contributed by atoms with Crippen LogP contribution in [-0.2, 0) is 9.47 Å². The molecule has 0 saturated heterocycles. The van der Waals surface area contributed by atoms with E-state index in [1.54, 1.807) is 0 Å². The van der Waals surface area contributed by atoms with Gasteiger partial charge >= 0.3 is 6.16 Å². The van der Waals surface area contributed by atoms with Crippen molar-refractivity contribution in [3.8, 4) is 0 Å². The Bertz CT molecular complexity index is 186. The van der Waals surface area contributed by atoms with Crippen molar-refractivity contribution in [2.45, 2.75) is 44.1 Å². The fourth-order valence-corrected chi connectivity index (χ4v) is 1.84. The standard InChI is InChI=1S/C10H19NO3/c1-13-9(12)14-8-10(11)6-4-2-3-5-7-10/h2-8,11H2,1H3. The van der Waals surface area contributed by atoms with Gasteiger partial charge in [-0.05, 0) is 12.8 Å². The Morgan fingerprint density at radius 1 is 1.29 bits per heavy atom. The van der Waals surface area contributed by atoms with Crippen LogP contribution in [0.5, 0.6) is 0 Å². The number of carbonyl (C=O) groups is 1. The zero-order valence-electron chi connectivity index (χ0n) is 8.75. The molecule has 1 fully saturated rings. The summed E-state index contributed by atoms with van der Waals surface area (Å²) < 4.78 is 9.30. The number of methoxy groups -OCH3 is 1. The van der Waals surface area contributed by atoms with Gasteiger partial charge in [-0.2, -0.15) is 0 Å². The third kappa shape index (κ3) is 3.54. The van der Waals surface area contributed by atoms with Crippen molar-refractivity contribution in [2.75, 3.05) is 13.7 Å². The van der Waals surface area contributed by atoms with Crippen molar-refractivity contribution in [3.63, 3.8) is 0 Å². The summed E-state index contributed by atoms with van der Waals surface area (Å²) in [5.41, 5.74) is 5.80. The summed E-state index contributed by atoms with van der Waals surface area (Å²) in [6, 6.07) is 0. The van der Waals surface area contributed by atoms with Crippen molar-refractivity contribution in [2.24, 2.45) is 5.73 Å². The largest absolute Gasteiger partial charge is 0.508 e. The third-order valence-electron chi connectivity index (χ3n) is 2.74. The van der Waals surface area contributed by atoms with E-state index in [0.717, 1.165) is 25.7 Å². The van der Waals surface area contributed by atoms with Crippen LogP contribution in [0.4, 0.5) is 4.79 Å². The Morgan fingerprint density at radius 2 is 1.86 bits per heavy atom. The summed E-state index contributed by atoms with van der Waals surface area (Å²) in [4.78, 5) is 10.8. The number of rotatable bonds is 2. The molecule has 0 bridgehead atoms. The Labute approximate surface area is 84.7 Å². The Balaban J connectivity index is 2.35. The minimum Gasteiger partial charge on any atom is -0.438 e. The molecule has 0 aromatic carbocycles. The second kappa shape index (κ2) is 5.20. The molecule has 82 valence electrons. The fourth-order valence-electron chi connectivity index (χ4n) is 1.84. The maximum atomic E-state index is 10.8. The molecule has 14 heavy (non-hydrogen) atoms. The second-order valence-corrected chi connectivity index (χ2v) is 4.02. The topological polar surface area (TPSA) is 61.5 Å². The lowest BCUT2D eigenvalue weighted by atomic mass is 9.93. The van der Waals surface area contributed by atoms with Crippen LogP contribution in [0.2, 0.25) is 0 Å². The van der Waals surface area contributed by atoms with Crippen LogP contribution in [-0.4, -0.2) is 25.4 Å². The SMILES string of the molecule is COC(=O)OCC1(N)CCCCCC1. The molecule has 0 radical (unpaired) electrons. The number of ether oxygens (including phenoxy) is 2. The lowest BCUT2D eigenvalue weighted by Crippen LogP contribution is -2.44. The molecule has 0 unspecified atom stereocenters. The molecular weight excluding hydrogens is 182 g/mol. The molecule has 0 aliphatic heterocycles. The molecule has 1 aliphatic carbocycles. The lowest BCUT2D eigenvalue weighted by molar-refractivity contribution is 0.0509. The van der Waals surface area contributed by atoms with Crippen LogP contribution in [0, 0.1) is 0 Å². The van der Waals surface area contributed by atoms with E-state index in [2.05, 4.69) is 4.74 Å². The summed E-state index contributed by atoms with van der Waals surface area (Å²) in [6.45, 7) is 0.277. The molecule has 2 N–H and O–H groups in total. The number of hydrogen-bond donors (Lipinski definition) is 1. The number of nitrogens with two attached hydrogens (primary N) is 1. The van der Waals surface area contributed by atoms with E-state index in [1.165, 1.54) is 20.0 Å². The second-order valence-electron chi connectivity index (χ2n) is 4.02. The van der Waals surface area contributed by atoms with Crippen LogP contribution in [0.1, 0.15) is 38.5 Å². The fraction of sp³-hybridized carbons (Fsp3) is 0.900. The van der Waals surface area contributed by atoms with E-state index in [1.807, 2.05) is 0 Å². The molecule has 0 amide bonds. The normalized spacial score (nSPS) is 21.0. The first kappa shape index (κ1) is 11.3. The van der Waals surface area contributed by atoms with Gasteiger partial charge in [0.15, 0.2) is 0 Å². The Morgan fingerprint density at radius 3 is 2.36 bits per heavy atom. The van der Waals surface area contributed by atoms with Crippen molar-refractivity contribution >= 4 is 6.16 Å². The average molecular weight is 201 g/mol.